The SMILES string of the molecule is CNCc1cn(C[C@@H]2CCCN(C(=O)c3cc(C)cc(C)c3)C2)nn1. The summed E-state index contributed by atoms with van der Waals surface area (Å²) >= 11 is 0. The molecule has 3 rings (SSSR count). The number of aryl methyl sites for hydroxylation is 2. The van der Waals surface area contributed by atoms with Crippen molar-refractivity contribution in [2.75, 3.05) is 20.1 Å². The monoisotopic (exact) mass is 341 g/mol. The first kappa shape index (κ1) is 17.6. The number of aromatic nitrogens is 3. The molecule has 2 heterocycles. The summed E-state index contributed by atoms with van der Waals surface area (Å²) in [5, 5.41) is 11.4. The van der Waals surface area contributed by atoms with E-state index in [4.69, 9.17) is 0 Å². The largest absolute Gasteiger partial charge is 0.338 e. The number of hydrogen-bond acceptors (Lipinski definition) is 4. The predicted octanol–water partition coefficient (Wildman–Crippen LogP) is 2.17. The first-order valence-corrected chi connectivity index (χ1v) is 8.96. The van der Waals surface area contributed by atoms with Crippen LogP contribution < -0.4 is 5.32 Å². The van der Waals surface area contributed by atoms with Crippen molar-refractivity contribution in [3.63, 3.8) is 0 Å². The number of amides is 1. The van der Waals surface area contributed by atoms with Gasteiger partial charge in [-0.2, -0.15) is 0 Å². The molecule has 1 aliphatic rings. The van der Waals surface area contributed by atoms with Crippen LogP contribution in [0.4, 0.5) is 0 Å². The van der Waals surface area contributed by atoms with E-state index in [9.17, 15) is 4.79 Å². The smallest absolute Gasteiger partial charge is 0.253 e. The summed E-state index contributed by atoms with van der Waals surface area (Å²) < 4.78 is 1.90. The van der Waals surface area contributed by atoms with Gasteiger partial charge >= 0.3 is 0 Å². The molecule has 1 saturated heterocycles. The van der Waals surface area contributed by atoms with Gasteiger partial charge in [-0.3, -0.25) is 9.48 Å². The summed E-state index contributed by atoms with van der Waals surface area (Å²) in [5.41, 5.74) is 4.02. The van der Waals surface area contributed by atoms with Crippen LogP contribution in [0.1, 0.15) is 40.0 Å². The number of nitrogens with one attached hydrogen (secondary N) is 1. The summed E-state index contributed by atoms with van der Waals surface area (Å²) in [7, 11) is 1.90. The summed E-state index contributed by atoms with van der Waals surface area (Å²) in [5.74, 6) is 0.568. The standard InChI is InChI=1S/C19H27N5O/c1-14-7-15(2)9-17(8-14)19(25)23-6-4-5-16(11-23)12-24-13-18(10-20-3)21-22-24/h7-9,13,16,20H,4-6,10-12H2,1-3H3/t16-/m1/s1. The zero-order chi connectivity index (χ0) is 17.8. The Bertz CT molecular complexity index is 719. The maximum Gasteiger partial charge on any atom is 0.253 e. The molecule has 0 aliphatic carbocycles. The molecule has 1 N–H and O–H groups in total. The Balaban J connectivity index is 1.64. The summed E-state index contributed by atoms with van der Waals surface area (Å²) in [6, 6.07) is 6.07. The number of piperidine rings is 1. The molecule has 6 heteroatoms. The molecule has 0 saturated carbocycles. The molecule has 0 bridgehead atoms. The molecule has 1 atom stereocenters. The maximum absolute atomic E-state index is 12.9. The highest BCUT2D eigenvalue weighted by Gasteiger charge is 2.25. The fraction of sp³-hybridized carbons (Fsp3) is 0.526. The molecule has 2 aromatic rings. The number of carbonyl (C=O) groups is 1. The molecule has 1 fully saturated rings. The van der Waals surface area contributed by atoms with E-state index in [-0.39, 0.29) is 5.91 Å². The minimum Gasteiger partial charge on any atom is -0.338 e. The fourth-order valence-electron chi connectivity index (χ4n) is 3.63. The van der Waals surface area contributed by atoms with E-state index in [1.165, 1.54) is 0 Å². The molecular weight excluding hydrogens is 314 g/mol. The van der Waals surface area contributed by atoms with Gasteiger partial charge in [-0.1, -0.05) is 22.4 Å². The van der Waals surface area contributed by atoms with Crippen molar-refractivity contribution in [3.05, 3.63) is 46.8 Å². The molecule has 0 radical (unpaired) electrons. The van der Waals surface area contributed by atoms with Crippen LogP contribution in [0.5, 0.6) is 0 Å². The Morgan fingerprint density at radius 3 is 2.76 bits per heavy atom. The van der Waals surface area contributed by atoms with Gasteiger partial charge in [0.1, 0.15) is 0 Å². The van der Waals surface area contributed by atoms with Crippen LogP contribution in [0.2, 0.25) is 0 Å². The van der Waals surface area contributed by atoms with Crippen LogP contribution in [0.25, 0.3) is 0 Å². The van der Waals surface area contributed by atoms with E-state index in [1.807, 2.05) is 48.8 Å². The minimum atomic E-state index is 0.144. The molecule has 1 amide bonds. The predicted molar refractivity (Wildman–Crippen MR) is 97.3 cm³/mol. The van der Waals surface area contributed by atoms with Crippen LogP contribution in [-0.2, 0) is 13.1 Å². The molecule has 0 spiro atoms. The van der Waals surface area contributed by atoms with E-state index < -0.39 is 0 Å². The van der Waals surface area contributed by atoms with E-state index >= 15 is 0 Å². The van der Waals surface area contributed by atoms with Crippen LogP contribution in [0.3, 0.4) is 0 Å². The molecular formula is C19H27N5O. The maximum atomic E-state index is 12.9. The van der Waals surface area contributed by atoms with Gasteiger partial charge in [-0.25, -0.2) is 0 Å². The van der Waals surface area contributed by atoms with Crippen molar-refractivity contribution in [1.29, 1.82) is 0 Å². The van der Waals surface area contributed by atoms with Gasteiger partial charge < -0.3 is 10.2 Å². The lowest BCUT2D eigenvalue weighted by Gasteiger charge is -2.32. The van der Waals surface area contributed by atoms with Crippen molar-refractivity contribution in [1.82, 2.24) is 25.2 Å². The third kappa shape index (κ3) is 4.45. The molecule has 134 valence electrons. The molecule has 1 aromatic heterocycles. The van der Waals surface area contributed by atoms with Gasteiger partial charge in [0.05, 0.1) is 5.69 Å². The van der Waals surface area contributed by atoms with Gasteiger partial charge in [-0.05, 0) is 51.8 Å². The quantitative estimate of drug-likeness (QED) is 0.905. The molecule has 0 unspecified atom stereocenters. The number of hydrogen-bond donors (Lipinski definition) is 1. The van der Waals surface area contributed by atoms with Gasteiger partial charge in [-0.15, -0.1) is 5.10 Å². The zero-order valence-electron chi connectivity index (χ0n) is 15.3. The van der Waals surface area contributed by atoms with Crippen molar-refractivity contribution in [3.8, 4) is 0 Å². The number of likely N-dealkylation sites (tertiary alicyclic amines) is 1. The summed E-state index contributed by atoms with van der Waals surface area (Å²) in [6.45, 7) is 7.24. The number of carbonyl (C=O) groups excluding carboxylic acids is 1. The highest BCUT2D eigenvalue weighted by molar-refractivity contribution is 5.94. The third-order valence-electron chi connectivity index (χ3n) is 4.66. The van der Waals surface area contributed by atoms with Gasteiger partial charge in [0.25, 0.3) is 5.91 Å². The van der Waals surface area contributed by atoms with Crippen LogP contribution in [0, 0.1) is 19.8 Å². The van der Waals surface area contributed by atoms with E-state index in [0.717, 1.165) is 61.4 Å². The van der Waals surface area contributed by atoms with Crippen molar-refractivity contribution in [2.24, 2.45) is 5.92 Å². The lowest BCUT2D eigenvalue weighted by molar-refractivity contribution is 0.0659. The van der Waals surface area contributed by atoms with Gasteiger partial charge in [0, 0.05) is 37.9 Å². The molecule has 6 nitrogen and oxygen atoms in total. The van der Waals surface area contributed by atoms with Crippen molar-refractivity contribution < 1.29 is 4.79 Å². The Morgan fingerprint density at radius 1 is 1.28 bits per heavy atom. The Hall–Kier alpha value is -2.21. The third-order valence-corrected chi connectivity index (χ3v) is 4.66. The van der Waals surface area contributed by atoms with E-state index in [1.54, 1.807) is 0 Å². The Labute approximate surface area is 149 Å². The lowest BCUT2D eigenvalue weighted by atomic mass is 9.97. The number of nitrogens with zero attached hydrogens (tertiary/aromatic N) is 4. The first-order chi connectivity index (χ1) is 12.0. The topological polar surface area (TPSA) is 63.1 Å². The van der Waals surface area contributed by atoms with Gasteiger partial charge in [0.2, 0.25) is 0 Å². The minimum absolute atomic E-state index is 0.144. The van der Waals surface area contributed by atoms with E-state index in [0.29, 0.717) is 5.92 Å². The highest BCUT2D eigenvalue weighted by Crippen LogP contribution is 2.21. The Morgan fingerprint density at radius 2 is 2.04 bits per heavy atom. The molecule has 25 heavy (non-hydrogen) atoms. The van der Waals surface area contributed by atoms with Crippen molar-refractivity contribution in [2.45, 2.75) is 39.8 Å². The first-order valence-electron chi connectivity index (χ1n) is 8.96. The lowest BCUT2D eigenvalue weighted by Crippen LogP contribution is -2.41. The molecule has 1 aromatic carbocycles. The normalized spacial score (nSPS) is 17.7. The van der Waals surface area contributed by atoms with Gasteiger partial charge in [0.15, 0.2) is 0 Å². The fourth-order valence-corrected chi connectivity index (χ4v) is 3.63. The average Bonchev–Trinajstić information content (AvgIpc) is 3.01. The second-order valence-corrected chi connectivity index (χ2v) is 7.10. The second kappa shape index (κ2) is 7.78. The van der Waals surface area contributed by atoms with Crippen LogP contribution in [-0.4, -0.2) is 45.9 Å². The second-order valence-electron chi connectivity index (χ2n) is 7.10. The highest BCUT2D eigenvalue weighted by atomic mass is 16.2. The van der Waals surface area contributed by atoms with Crippen LogP contribution >= 0.6 is 0 Å². The molecule has 1 aliphatic heterocycles. The Kier molecular flexibility index (Phi) is 5.48. The summed E-state index contributed by atoms with van der Waals surface area (Å²) in [6.07, 6.45) is 4.15. The number of rotatable bonds is 5. The summed E-state index contributed by atoms with van der Waals surface area (Å²) in [4.78, 5) is 14.9. The van der Waals surface area contributed by atoms with Crippen molar-refractivity contribution >= 4 is 5.91 Å². The van der Waals surface area contributed by atoms with Crippen LogP contribution in [0.15, 0.2) is 24.4 Å². The number of benzene rings is 1. The van der Waals surface area contributed by atoms with E-state index in [2.05, 4.69) is 21.7 Å². The zero-order valence-corrected chi connectivity index (χ0v) is 15.3. The average molecular weight is 341 g/mol.